The molecule has 1 saturated heterocycles. The summed E-state index contributed by atoms with van der Waals surface area (Å²) in [5.41, 5.74) is 0.992. The Balaban J connectivity index is 1.60. The molecule has 0 saturated carbocycles. The summed E-state index contributed by atoms with van der Waals surface area (Å²) >= 11 is 1.23. The van der Waals surface area contributed by atoms with Gasteiger partial charge in [-0.1, -0.05) is 11.3 Å². The molecule has 1 aliphatic rings. The van der Waals surface area contributed by atoms with Gasteiger partial charge < -0.3 is 15.2 Å². The molecule has 5 heteroatoms. The van der Waals surface area contributed by atoms with Gasteiger partial charge in [0, 0.05) is 30.7 Å². The first-order valence-electron chi connectivity index (χ1n) is 5.44. The summed E-state index contributed by atoms with van der Waals surface area (Å²) in [5.74, 6) is 0. The van der Waals surface area contributed by atoms with E-state index in [1.165, 1.54) is 37.3 Å². The first kappa shape index (κ1) is 10.9. The number of hydrogen-bond acceptors (Lipinski definition) is 4. The zero-order chi connectivity index (χ0) is 10.5. The van der Waals surface area contributed by atoms with E-state index in [-0.39, 0.29) is 4.87 Å². The Morgan fingerprint density at radius 1 is 1.47 bits per heavy atom. The van der Waals surface area contributed by atoms with Crippen LogP contribution in [-0.2, 0) is 6.54 Å². The van der Waals surface area contributed by atoms with Crippen LogP contribution in [0.15, 0.2) is 10.2 Å². The maximum absolute atomic E-state index is 10.9. The molecule has 84 valence electrons. The highest BCUT2D eigenvalue weighted by Crippen LogP contribution is 2.05. The van der Waals surface area contributed by atoms with Gasteiger partial charge in [-0.2, -0.15) is 0 Å². The second-order valence-electron chi connectivity index (χ2n) is 3.90. The minimum absolute atomic E-state index is 0.0337. The summed E-state index contributed by atoms with van der Waals surface area (Å²) < 4.78 is 0. The monoisotopic (exact) mass is 227 g/mol. The summed E-state index contributed by atoms with van der Waals surface area (Å²) in [6.07, 6.45) is 2.69. The Morgan fingerprint density at radius 3 is 2.93 bits per heavy atom. The largest absolute Gasteiger partial charge is 0.315 e. The highest BCUT2D eigenvalue weighted by molar-refractivity contribution is 7.07. The van der Waals surface area contributed by atoms with E-state index in [2.05, 4.69) is 15.2 Å². The van der Waals surface area contributed by atoms with Gasteiger partial charge in [-0.05, 0) is 25.9 Å². The Labute approximate surface area is 93.3 Å². The molecule has 1 aromatic rings. The van der Waals surface area contributed by atoms with E-state index in [0.29, 0.717) is 0 Å². The van der Waals surface area contributed by atoms with Gasteiger partial charge >= 0.3 is 4.87 Å². The highest BCUT2D eigenvalue weighted by atomic mass is 32.1. The van der Waals surface area contributed by atoms with Crippen molar-refractivity contribution in [2.24, 2.45) is 0 Å². The maximum atomic E-state index is 10.9. The van der Waals surface area contributed by atoms with Gasteiger partial charge in [0.25, 0.3) is 0 Å². The molecule has 0 radical (unpaired) electrons. The molecule has 1 fully saturated rings. The number of aromatic amines is 1. The van der Waals surface area contributed by atoms with Crippen molar-refractivity contribution in [1.29, 1.82) is 0 Å². The maximum Gasteiger partial charge on any atom is 0.304 e. The number of nitrogens with one attached hydrogen (secondary N) is 2. The zero-order valence-corrected chi connectivity index (χ0v) is 9.61. The lowest BCUT2D eigenvalue weighted by molar-refractivity contribution is 0.335. The first-order valence-corrected chi connectivity index (χ1v) is 6.32. The lowest BCUT2D eigenvalue weighted by atomic mass is 10.4. The van der Waals surface area contributed by atoms with Crippen molar-refractivity contribution in [3.63, 3.8) is 0 Å². The molecule has 2 rings (SSSR count). The number of likely N-dealkylation sites (tertiary alicyclic amines) is 1. The summed E-state index contributed by atoms with van der Waals surface area (Å²) in [6.45, 7) is 5.38. The van der Waals surface area contributed by atoms with Gasteiger partial charge in [0.1, 0.15) is 0 Å². The molecule has 1 aromatic heterocycles. The second-order valence-corrected chi connectivity index (χ2v) is 4.74. The first-order chi connectivity index (χ1) is 7.34. The zero-order valence-electron chi connectivity index (χ0n) is 8.79. The fraction of sp³-hybridized carbons (Fsp3) is 0.700. The fourth-order valence-electron chi connectivity index (χ4n) is 1.87. The van der Waals surface area contributed by atoms with Crippen molar-refractivity contribution in [1.82, 2.24) is 15.2 Å². The molecule has 4 nitrogen and oxygen atoms in total. The fourth-order valence-corrected chi connectivity index (χ4v) is 2.45. The predicted octanol–water partition coefficient (Wildman–Crippen LogP) is 0.622. The van der Waals surface area contributed by atoms with Gasteiger partial charge in [0.15, 0.2) is 0 Å². The molecule has 0 atom stereocenters. The molecule has 0 amide bonds. The van der Waals surface area contributed by atoms with E-state index in [9.17, 15) is 4.79 Å². The lowest BCUT2D eigenvalue weighted by Crippen LogP contribution is -2.29. The highest BCUT2D eigenvalue weighted by Gasteiger charge is 2.09. The van der Waals surface area contributed by atoms with Gasteiger partial charge in [-0.25, -0.2) is 0 Å². The van der Waals surface area contributed by atoms with Crippen LogP contribution in [0.3, 0.4) is 0 Å². The molecule has 15 heavy (non-hydrogen) atoms. The van der Waals surface area contributed by atoms with Gasteiger partial charge in [0.05, 0.1) is 0 Å². The quantitative estimate of drug-likeness (QED) is 0.725. The van der Waals surface area contributed by atoms with E-state index in [0.717, 1.165) is 25.3 Å². The van der Waals surface area contributed by atoms with Gasteiger partial charge in [-0.15, -0.1) is 0 Å². The summed E-state index contributed by atoms with van der Waals surface area (Å²) in [7, 11) is 0. The summed E-state index contributed by atoms with van der Waals surface area (Å²) in [6, 6.07) is 0. The van der Waals surface area contributed by atoms with Crippen molar-refractivity contribution < 1.29 is 0 Å². The Bertz CT molecular complexity index is 340. The van der Waals surface area contributed by atoms with Crippen molar-refractivity contribution >= 4 is 11.3 Å². The second kappa shape index (κ2) is 5.44. The third kappa shape index (κ3) is 3.44. The standard InChI is InChI=1S/C10H17N3OS/c14-10-12-9(8-15-10)7-11-3-6-13-4-1-2-5-13/h8,11H,1-7H2,(H,12,14). The Morgan fingerprint density at radius 2 is 2.27 bits per heavy atom. The van der Waals surface area contributed by atoms with Crippen molar-refractivity contribution in [3.8, 4) is 0 Å². The number of hydrogen-bond donors (Lipinski definition) is 2. The molecule has 0 spiro atoms. The smallest absolute Gasteiger partial charge is 0.304 e. The van der Waals surface area contributed by atoms with E-state index in [1.807, 2.05) is 5.38 Å². The van der Waals surface area contributed by atoms with Crippen LogP contribution in [-0.4, -0.2) is 36.1 Å². The van der Waals surface area contributed by atoms with Crippen LogP contribution in [0.2, 0.25) is 0 Å². The van der Waals surface area contributed by atoms with Crippen LogP contribution in [0.5, 0.6) is 0 Å². The van der Waals surface area contributed by atoms with Crippen molar-refractivity contribution in [3.05, 3.63) is 20.7 Å². The van der Waals surface area contributed by atoms with E-state index in [4.69, 9.17) is 0 Å². The van der Waals surface area contributed by atoms with Crippen molar-refractivity contribution in [2.75, 3.05) is 26.2 Å². The van der Waals surface area contributed by atoms with E-state index >= 15 is 0 Å². The molecular weight excluding hydrogens is 210 g/mol. The molecule has 0 unspecified atom stereocenters. The molecule has 2 heterocycles. The normalized spacial score (nSPS) is 17.3. The van der Waals surface area contributed by atoms with Crippen molar-refractivity contribution in [2.45, 2.75) is 19.4 Å². The van der Waals surface area contributed by atoms with Crippen LogP contribution in [0.4, 0.5) is 0 Å². The van der Waals surface area contributed by atoms with Crippen LogP contribution in [0.1, 0.15) is 18.5 Å². The molecular formula is C10H17N3OS. The number of H-pyrrole nitrogens is 1. The average molecular weight is 227 g/mol. The third-order valence-corrected chi connectivity index (χ3v) is 3.41. The summed E-state index contributed by atoms with van der Waals surface area (Å²) in [5, 5.41) is 5.22. The molecule has 2 N–H and O–H groups in total. The number of aromatic nitrogens is 1. The lowest BCUT2D eigenvalue weighted by Gasteiger charge is -2.14. The molecule has 0 aliphatic carbocycles. The minimum Gasteiger partial charge on any atom is -0.315 e. The van der Waals surface area contributed by atoms with Crippen LogP contribution in [0.25, 0.3) is 0 Å². The van der Waals surface area contributed by atoms with E-state index < -0.39 is 0 Å². The Hall–Kier alpha value is -0.650. The van der Waals surface area contributed by atoms with Crippen LogP contribution < -0.4 is 10.2 Å². The topological polar surface area (TPSA) is 48.1 Å². The number of thiazole rings is 1. The SMILES string of the molecule is O=c1[nH]c(CNCCN2CCCC2)cs1. The third-order valence-electron chi connectivity index (χ3n) is 2.69. The van der Waals surface area contributed by atoms with Gasteiger partial charge in [-0.3, -0.25) is 4.79 Å². The molecule has 1 aliphatic heterocycles. The minimum atomic E-state index is 0.0337. The average Bonchev–Trinajstić information content (AvgIpc) is 2.84. The van der Waals surface area contributed by atoms with Crippen LogP contribution in [0, 0.1) is 0 Å². The Kier molecular flexibility index (Phi) is 3.94. The molecule has 0 aromatic carbocycles. The van der Waals surface area contributed by atoms with Gasteiger partial charge in [0.2, 0.25) is 0 Å². The van der Waals surface area contributed by atoms with E-state index in [1.54, 1.807) is 0 Å². The number of rotatable bonds is 5. The predicted molar refractivity (Wildman–Crippen MR) is 62.3 cm³/mol. The molecule has 0 bridgehead atoms. The summed E-state index contributed by atoms with van der Waals surface area (Å²) in [4.78, 5) is 16.2. The number of nitrogens with zero attached hydrogens (tertiary/aromatic N) is 1. The van der Waals surface area contributed by atoms with Crippen LogP contribution >= 0.6 is 11.3 Å².